The fourth-order valence-electron chi connectivity index (χ4n) is 5.51. The highest BCUT2D eigenvalue weighted by molar-refractivity contribution is 5.89. The largest absolute Gasteiger partial charge is 0.369 e. The molecule has 2 aromatic carbocycles. The number of benzene rings is 2. The zero-order chi connectivity index (χ0) is 28.9. The smallest absolute Gasteiger partial charge is 0.318 e. The highest BCUT2D eigenvalue weighted by atomic mass is 19.1. The molecule has 4 rings (SSSR count). The van der Waals surface area contributed by atoms with Gasteiger partial charge in [0.15, 0.2) is 0 Å². The summed E-state index contributed by atoms with van der Waals surface area (Å²) in [6, 6.07) is 14.2. The summed E-state index contributed by atoms with van der Waals surface area (Å²) >= 11 is 0. The van der Waals surface area contributed by atoms with Crippen LogP contribution in [-0.4, -0.2) is 78.6 Å². The highest BCUT2D eigenvalue weighted by Gasteiger charge is 2.54. The highest BCUT2D eigenvalue weighted by Crippen LogP contribution is 2.36. The van der Waals surface area contributed by atoms with Crippen molar-refractivity contribution in [2.75, 3.05) is 26.7 Å². The van der Waals surface area contributed by atoms with Crippen LogP contribution in [0.3, 0.4) is 0 Å². The van der Waals surface area contributed by atoms with Gasteiger partial charge in [-0.3, -0.25) is 9.59 Å². The molecule has 216 valence electrons. The second kappa shape index (κ2) is 12.8. The lowest BCUT2D eigenvalue weighted by Gasteiger charge is -2.36. The molecule has 2 aliphatic rings. The van der Waals surface area contributed by atoms with Gasteiger partial charge in [0.1, 0.15) is 11.9 Å². The van der Waals surface area contributed by atoms with Gasteiger partial charge in [0, 0.05) is 13.1 Å². The van der Waals surface area contributed by atoms with E-state index in [1.54, 1.807) is 29.0 Å². The topological polar surface area (TPSA) is 103 Å². The number of urea groups is 1. The molecule has 2 saturated heterocycles. The van der Waals surface area contributed by atoms with E-state index in [1.165, 1.54) is 12.1 Å². The summed E-state index contributed by atoms with van der Waals surface area (Å²) < 4.78 is 19.7. The molecule has 40 heavy (non-hydrogen) atoms. The van der Waals surface area contributed by atoms with E-state index in [0.29, 0.717) is 26.1 Å². The first-order chi connectivity index (χ1) is 19.1. The summed E-state index contributed by atoms with van der Waals surface area (Å²) in [6.45, 7) is 7.23. The molecular weight excluding hydrogens is 513 g/mol. The van der Waals surface area contributed by atoms with Crippen LogP contribution in [0, 0.1) is 11.2 Å². The Kier molecular flexibility index (Phi) is 9.42. The fraction of sp³-hybridized carbons (Fsp3) is 0.500. The standard InChI is InChI=1S/C30H40FN5O4/c1-30(2,3)27(34-25(37)17-32-4)28(38)35-15-14-23-26(35)24(40-19-21-10-12-22(31)13-11-21)18-36(23)29(39)33-16-20-8-6-5-7-9-20/h5-13,23-24,26-27,32H,14-19H2,1-4H3,(H,33,39)(H,34,37). The molecule has 4 amide bonds. The number of fused-ring (bicyclic) bond motifs is 1. The van der Waals surface area contributed by atoms with Crippen molar-refractivity contribution in [3.05, 3.63) is 71.5 Å². The first-order valence-electron chi connectivity index (χ1n) is 13.8. The van der Waals surface area contributed by atoms with E-state index in [9.17, 15) is 18.8 Å². The maximum atomic E-state index is 14.0. The van der Waals surface area contributed by atoms with Gasteiger partial charge in [-0.2, -0.15) is 0 Å². The number of hydrogen-bond acceptors (Lipinski definition) is 5. The Morgan fingerprint density at radius 2 is 1.73 bits per heavy atom. The van der Waals surface area contributed by atoms with Gasteiger partial charge < -0.3 is 30.5 Å². The Labute approximate surface area is 235 Å². The van der Waals surface area contributed by atoms with Crippen LogP contribution in [0.4, 0.5) is 9.18 Å². The number of amides is 4. The van der Waals surface area contributed by atoms with Gasteiger partial charge in [0.2, 0.25) is 11.8 Å². The van der Waals surface area contributed by atoms with E-state index >= 15 is 0 Å². The van der Waals surface area contributed by atoms with Gasteiger partial charge in [0.05, 0.1) is 37.9 Å². The molecule has 3 N–H and O–H groups in total. The lowest BCUT2D eigenvalue weighted by molar-refractivity contribution is -0.142. The molecule has 4 atom stereocenters. The predicted octanol–water partition coefficient (Wildman–Crippen LogP) is 2.66. The summed E-state index contributed by atoms with van der Waals surface area (Å²) in [7, 11) is 1.68. The van der Waals surface area contributed by atoms with Crippen molar-refractivity contribution < 1.29 is 23.5 Å². The lowest BCUT2D eigenvalue weighted by atomic mass is 9.85. The maximum Gasteiger partial charge on any atom is 0.318 e. The summed E-state index contributed by atoms with van der Waals surface area (Å²) in [5, 5.41) is 8.73. The monoisotopic (exact) mass is 553 g/mol. The molecule has 2 fully saturated rings. The predicted molar refractivity (Wildman–Crippen MR) is 150 cm³/mol. The Hall–Kier alpha value is -3.50. The Morgan fingerprint density at radius 3 is 2.38 bits per heavy atom. The van der Waals surface area contributed by atoms with Crippen molar-refractivity contribution >= 4 is 17.8 Å². The van der Waals surface area contributed by atoms with Crippen LogP contribution in [0.15, 0.2) is 54.6 Å². The van der Waals surface area contributed by atoms with Crippen LogP contribution in [0.1, 0.15) is 38.3 Å². The molecule has 0 saturated carbocycles. The van der Waals surface area contributed by atoms with Gasteiger partial charge in [-0.1, -0.05) is 63.2 Å². The fourth-order valence-corrected chi connectivity index (χ4v) is 5.51. The third-order valence-electron chi connectivity index (χ3n) is 7.54. The van der Waals surface area contributed by atoms with Gasteiger partial charge in [-0.25, -0.2) is 9.18 Å². The molecule has 0 aromatic heterocycles. The molecule has 2 aromatic rings. The van der Waals surface area contributed by atoms with Crippen molar-refractivity contribution in [1.82, 2.24) is 25.8 Å². The molecule has 0 spiro atoms. The van der Waals surface area contributed by atoms with Crippen molar-refractivity contribution in [2.24, 2.45) is 5.41 Å². The van der Waals surface area contributed by atoms with Crippen molar-refractivity contribution in [3.8, 4) is 0 Å². The molecule has 0 bridgehead atoms. The van der Waals surface area contributed by atoms with Crippen molar-refractivity contribution in [3.63, 3.8) is 0 Å². The third kappa shape index (κ3) is 6.98. The van der Waals surface area contributed by atoms with Crippen LogP contribution in [0.5, 0.6) is 0 Å². The van der Waals surface area contributed by atoms with Gasteiger partial charge in [-0.05, 0) is 42.1 Å². The van der Waals surface area contributed by atoms with Crippen molar-refractivity contribution in [2.45, 2.75) is 64.6 Å². The number of ether oxygens (including phenoxy) is 1. The maximum absolute atomic E-state index is 14.0. The van der Waals surface area contributed by atoms with E-state index in [-0.39, 0.29) is 48.9 Å². The minimum Gasteiger partial charge on any atom is -0.369 e. The molecule has 0 aliphatic carbocycles. The zero-order valence-electron chi connectivity index (χ0n) is 23.7. The van der Waals surface area contributed by atoms with E-state index in [0.717, 1.165) is 11.1 Å². The number of likely N-dealkylation sites (N-methyl/N-ethyl adjacent to an activating group) is 1. The van der Waals surface area contributed by atoms with E-state index in [2.05, 4.69) is 16.0 Å². The van der Waals surface area contributed by atoms with Crippen LogP contribution < -0.4 is 16.0 Å². The first-order valence-corrected chi connectivity index (χ1v) is 13.8. The average Bonchev–Trinajstić information content (AvgIpc) is 3.51. The minimum atomic E-state index is -0.745. The molecule has 10 heteroatoms. The number of nitrogens with zero attached hydrogens (tertiary/aromatic N) is 2. The number of likely N-dealkylation sites (tertiary alicyclic amines) is 2. The number of halogens is 1. The molecule has 2 heterocycles. The molecule has 2 aliphatic heterocycles. The van der Waals surface area contributed by atoms with Gasteiger partial charge >= 0.3 is 6.03 Å². The quantitative estimate of drug-likeness (QED) is 0.443. The molecular formula is C30H40FN5O4. The van der Waals surface area contributed by atoms with Crippen molar-refractivity contribution in [1.29, 1.82) is 0 Å². The number of rotatable bonds is 9. The summed E-state index contributed by atoms with van der Waals surface area (Å²) in [4.78, 5) is 43.4. The summed E-state index contributed by atoms with van der Waals surface area (Å²) in [6.07, 6.45) is 0.157. The second-order valence-electron chi connectivity index (χ2n) is 11.5. The number of nitrogens with one attached hydrogen (secondary N) is 3. The first kappa shape index (κ1) is 29.5. The normalized spacial score (nSPS) is 21.2. The Bertz CT molecular complexity index is 1170. The molecule has 4 unspecified atom stereocenters. The number of carbonyl (C=O) groups excluding carboxylic acids is 3. The van der Waals surface area contributed by atoms with Crippen LogP contribution in [0.25, 0.3) is 0 Å². The third-order valence-corrected chi connectivity index (χ3v) is 7.54. The second-order valence-corrected chi connectivity index (χ2v) is 11.5. The Balaban J connectivity index is 1.54. The van der Waals surface area contributed by atoms with Crippen LogP contribution in [-0.2, 0) is 27.5 Å². The molecule has 0 radical (unpaired) electrons. The van der Waals surface area contributed by atoms with E-state index in [1.807, 2.05) is 51.1 Å². The van der Waals surface area contributed by atoms with E-state index in [4.69, 9.17) is 4.74 Å². The lowest BCUT2D eigenvalue weighted by Crippen LogP contribution is -2.58. The number of hydrogen-bond donors (Lipinski definition) is 3. The Morgan fingerprint density at radius 1 is 1.02 bits per heavy atom. The zero-order valence-corrected chi connectivity index (χ0v) is 23.7. The average molecular weight is 554 g/mol. The molecule has 9 nitrogen and oxygen atoms in total. The SMILES string of the molecule is CNCC(=O)NC(C(=O)N1CCC2C1C(OCc1ccc(F)cc1)CN2C(=O)NCc1ccccc1)C(C)(C)C. The number of carbonyl (C=O) groups is 3. The van der Waals surface area contributed by atoms with Crippen LogP contribution >= 0.6 is 0 Å². The minimum absolute atomic E-state index is 0.102. The van der Waals surface area contributed by atoms with Gasteiger partial charge in [-0.15, -0.1) is 0 Å². The summed E-state index contributed by atoms with van der Waals surface area (Å²) in [5.74, 6) is -0.776. The van der Waals surface area contributed by atoms with E-state index < -0.39 is 17.6 Å². The summed E-state index contributed by atoms with van der Waals surface area (Å²) in [5.41, 5.74) is 1.26. The van der Waals surface area contributed by atoms with Gasteiger partial charge in [0.25, 0.3) is 0 Å². The van der Waals surface area contributed by atoms with Crippen LogP contribution in [0.2, 0.25) is 0 Å².